The Morgan fingerprint density at radius 2 is 2.03 bits per heavy atom. The van der Waals surface area contributed by atoms with Crippen LogP contribution in [0.15, 0.2) is 50.7 Å². The molecule has 3 aromatic rings. The average Bonchev–Trinajstić information content (AvgIpc) is 3.29. The van der Waals surface area contributed by atoms with Crippen molar-refractivity contribution in [3.05, 3.63) is 63.5 Å². The van der Waals surface area contributed by atoms with Gasteiger partial charge in [-0.05, 0) is 36.0 Å². The molecule has 6 nitrogen and oxygen atoms in total. The fraction of sp³-hybridized carbons (Fsp3) is 0.320. The number of carbonyl (C=O) groups is 1. The van der Waals surface area contributed by atoms with Crippen LogP contribution in [0.5, 0.6) is 0 Å². The number of aromatic nitrogens is 1. The van der Waals surface area contributed by atoms with Gasteiger partial charge in [-0.15, -0.1) is 0 Å². The second kappa shape index (κ2) is 6.54. The van der Waals surface area contributed by atoms with E-state index in [1.54, 1.807) is 0 Å². The number of carboxylic acid groups (broad SMARTS) is 1. The van der Waals surface area contributed by atoms with Crippen LogP contribution in [-0.4, -0.2) is 27.9 Å². The Labute approximate surface area is 179 Å². The summed E-state index contributed by atoms with van der Waals surface area (Å²) in [5, 5.41) is 10.5. The highest BCUT2D eigenvalue weighted by Crippen LogP contribution is 2.46. The van der Waals surface area contributed by atoms with E-state index >= 15 is 0 Å². The minimum atomic E-state index is -1.21. The first-order valence-electron chi connectivity index (χ1n) is 10.4. The number of aromatic carboxylic acids is 1. The van der Waals surface area contributed by atoms with E-state index in [1.165, 1.54) is 12.3 Å². The zero-order valence-electron chi connectivity index (χ0n) is 18.0. The maximum Gasteiger partial charge on any atom is 0.341 e. The number of benzene rings is 1. The molecule has 0 amide bonds. The van der Waals surface area contributed by atoms with Gasteiger partial charge in [-0.3, -0.25) is 9.79 Å². The largest absolute Gasteiger partial charge is 0.477 e. The SMILES string of the molecule is CC1C=C(c2ccc3c4c(oc3c2)-c2cc(=O)c(C(=O)O)cn2[C@H](C(C)(C)C)C4)C=N1. The fourth-order valence-corrected chi connectivity index (χ4v) is 4.62. The summed E-state index contributed by atoms with van der Waals surface area (Å²) in [6.45, 7) is 8.41. The van der Waals surface area contributed by atoms with E-state index < -0.39 is 11.4 Å². The maximum atomic E-state index is 12.5. The quantitative estimate of drug-likeness (QED) is 0.640. The number of nitrogens with zero attached hydrogens (tertiary/aromatic N) is 2. The van der Waals surface area contributed by atoms with Crippen molar-refractivity contribution in [2.75, 3.05) is 0 Å². The lowest BCUT2D eigenvalue weighted by molar-refractivity contribution is 0.0693. The Bertz CT molecular complexity index is 1360. The Morgan fingerprint density at radius 1 is 1.26 bits per heavy atom. The molecule has 6 heteroatoms. The highest BCUT2D eigenvalue weighted by Gasteiger charge is 2.36. The van der Waals surface area contributed by atoms with Gasteiger partial charge in [0.15, 0.2) is 11.2 Å². The summed E-state index contributed by atoms with van der Waals surface area (Å²) in [6, 6.07) is 7.73. The third-order valence-corrected chi connectivity index (χ3v) is 6.27. The molecular formula is C25H24N2O4. The van der Waals surface area contributed by atoms with E-state index in [4.69, 9.17) is 4.42 Å². The van der Waals surface area contributed by atoms with Crippen LogP contribution in [0.25, 0.3) is 28.0 Å². The van der Waals surface area contributed by atoms with Crippen molar-refractivity contribution < 1.29 is 14.3 Å². The molecule has 2 aliphatic heterocycles. The lowest BCUT2D eigenvalue weighted by Crippen LogP contribution is -2.32. The molecular weight excluding hydrogens is 392 g/mol. The number of aliphatic imine (C=N–C) groups is 1. The van der Waals surface area contributed by atoms with Gasteiger partial charge in [-0.1, -0.05) is 39.0 Å². The molecule has 0 aliphatic carbocycles. The van der Waals surface area contributed by atoms with Gasteiger partial charge in [-0.2, -0.15) is 0 Å². The maximum absolute atomic E-state index is 12.5. The van der Waals surface area contributed by atoms with Gasteiger partial charge >= 0.3 is 5.97 Å². The molecule has 158 valence electrons. The number of pyridine rings is 1. The standard InChI is InChI=1S/C25H24N2O4/c1-13-7-15(11-26-13)14-5-6-16-17-9-22(25(2,3)4)27-12-18(24(29)30)20(28)10-19(27)23(17)31-21(16)8-14/h5-8,10-13,22H,9H2,1-4H3,(H,29,30)/t13?,22-/m0/s1. The highest BCUT2D eigenvalue weighted by atomic mass is 16.4. The van der Waals surface area contributed by atoms with Gasteiger partial charge < -0.3 is 14.1 Å². The predicted molar refractivity (Wildman–Crippen MR) is 121 cm³/mol. The molecule has 31 heavy (non-hydrogen) atoms. The summed E-state index contributed by atoms with van der Waals surface area (Å²) in [4.78, 5) is 28.5. The number of allylic oxidation sites excluding steroid dienone is 1. The number of fused-ring (bicyclic) bond motifs is 5. The Kier molecular flexibility index (Phi) is 4.13. The fourth-order valence-electron chi connectivity index (χ4n) is 4.62. The summed E-state index contributed by atoms with van der Waals surface area (Å²) < 4.78 is 8.19. The second-order valence-corrected chi connectivity index (χ2v) is 9.50. The molecule has 1 N–H and O–H groups in total. The zero-order chi connectivity index (χ0) is 22.1. The van der Waals surface area contributed by atoms with Gasteiger partial charge in [0.25, 0.3) is 0 Å². The molecule has 4 heterocycles. The first-order chi connectivity index (χ1) is 14.6. The van der Waals surface area contributed by atoms with E-state index in [9.17, 15) is 14.7 Å². The predicted octanol–water partition coefficient (Wildman–Crippen LogP) is 4.96. The summed E-state index contributed by atoms with van der Waals surface area (Å²) in [6.07, 6.45) is 6.16. The third kappa shape index (κ3) is 3.05. The van der Waals surface area contributed by atoms with Crippen LogP contribution in [0.4, 0.5) is 0 Å². The number of hydrogen-bond donors (Lipinski definition) is 1. The number of rotatable bonds is 2. The number of carboxylic acids is 1. The van der Waals surface area contributed by atoms with Crippen molar-refractivity contribution in [1.29, 1.82) is 0 Å². The van der Waals surface area contributed by atoms with E-state index in [-0.39, 0.29) is 23.1 Å². The Morgan fingerprint density at radius 3 is 2.68 bits per heavy atom. The molecule has 2 aromatic heterocycles. The van der Waals surface area contributed by atoms with Crippen molar-refractivity contribution in [3.63, 3.8) is 0 Å². The molecule has 2 atom stereocenters. The minimum absolute atomic E-state index is 0.0142. The van der Waals surface area contributed by atoms with Crippen molar-refractivity contribution in [1.82, 2.24) is 4.57 Å². The zero-order valence-corrected chi connectivity index (χ0v) is 18.0. The summed E-state index contributed by atoms with van der Waals surface area (Å²) in [5.74, 6) is -0.571. The third-order valence-electron chi connectivity index (χ3n) is 6.27. The van der Waals surface area contributed by atoms with Crippen LogP contribution < -0.4 is 5.43 Å². The van der Waals surface area contributed by atoms with Crippen LogP contribution in [0.3, 0.4) is 0 Å². The van der Waals surface area contributed by atoms with Gasteiger partial charge in [0, 0.05) is 35.5 Å². The van der Waals surface area contributed by atoms with Gasteiger partial charge in [0.1, 0.15) is 11.1 Å². The first-order valence-corrected chi connectivity index (χ1v) is 10.4. The number of hydrogen-bond acceptors (Lipinski definition) is 4. The van der Waals surface area contributed by atoms with Crippen molar-refractivity contribution in [3.8, 4) is 11.5 Å². The summed E-state index contributed by atoms with van der Waals surface area (Å²) in [7, 11) is 0. The molecule has 0 bridgehead atoms. The van der Waals surface area contributed by atoms with Crippen molar-refractivity contribution >= 4 is 28.7 Å². The van der Waals surface area contributed by atoms with Crippen LogP contribution in [0.2, 0.25) is 0 Å². The van der Waals surface area contributed by atoms with Crippen LogP contribution in [0.1, 0.15) is 55.2 Å². The van der Waals surface area contributed by atoms with Crippen LogP contribution >= 0.6 is 0 Å². The highest BCUT2D eigenvalue weighted by molar-refractivity contribution is 6.12. The average molecular weight is 416 g/mol. The van der Waals surface area contributed by atoms with Crippen LogP contribution in [-0.2, 0) is 6.42 Å². The molecule has 0 fully saturated rings. The first kappa shape index (κ1) is 19.5. The lowest BCUT2D eigenvalue weighted by Gasteiger charge is -2.37. The monoisotopic (exact) mass is 416 g/mol. The van der Waals surface area contributed by atoms with Crippen molar-refractivity contribution in [2.24, 2.45) is 10.4 Å². The van der Waals surface area contributed by atoms with Gasteiger partial charge in [0.05, 0.1) is 11.7 Å². The second-order valence-electron chi connectivity index (χ2n) is 9.50. The van der Waals surface area contributed by atoms with Crippen molar-refractivity contribution in [2.45, 2.75) is 46.2 Å². The number of furan rings is 1. The van der Waals surface area contributed by atoms with E-state index in [1.807, 2.05) is 23.8 Å². The normalized spacial score (nSPS) is 19.9. The molecule has 2 aliphatic rings. The molecule has 5 rings (SSSR count). The molecule has 1 unspecified atom stereocenters. The topological polar surface area (TPSA) is 84.8 Å². The van der Waals surface area contributed by atoms with E-state index in [0.29, 0.717) is 17.9 Å². The van der Waals surface area contributed by atoms with E-state index in [2.05, 4.69) is 44.0 Å². The van der Waals surface area contributed by atoms with E-state index in [0.717, 1.165) is 27.7 Å². The summed E-state index contributed by atoms with van der Waals surface area (Å²) >= 11 is 0. The minimum Gasteiger partial charge on any atom is -0.477 e. The molecule has 1 aromatic carbocycles. The lowest BCUT2D eigenvalue weighted by atomic mass is 9.79. The molecule has 0 saturated heterocycles. The molecule has 0 saturated carbocycles. The van der Waals surface area contributed by atoms with Gasteiger partial charge in [0.2, 0.25) is 0 Å². The smallest absolute Gasteiger partial charge is 0.341 e. The Balaban J connectivity index is 1.74. The van der Waals surface area contributed by atoms with Gasteiger partial charge in [-0.25, -0.2) is 4.79 Å². The summed E-state index contributed by atoms with van der Waals surface area (Å²) in [5.41, 5.74) is 3.67. The Hall–Kier alpha value is -3.41. The van der Waals surface area contributed by atoms with Crippen LogP contribution in [0, 0.1) is 5.41 Å². The molecule has 0 spiro atoms. The molecule has 0 radical (unpaired) electrons.